The highest BCUT2D eigenvalue weighted by Gasteiger charge is 2.37. The molecule has 2 N–H and O–H groups in total. The molecule has 3 nitrogen and oxygen atoms in total. The van der Waals surface area contributed by atoms with Crippen molar-refractivity contribution in [1.82, 2.24) is 0 Å². The number of aryl methyl sites for hydroxylation is 2. The van der Waals surface area contributed by atoms with Crippen LogP contribution in [0.3, 0.4) is 0 Å². The molecule has 17 heavy (non-hydrogen) atoms. The van der Waals surface area contributed by atoms with Gasteiger partial charge in [0.15, 0.2) is 0 Å². The minimum absolute atomic E-state index is 0.194. The van der Waals surface area contributed by atoms with E-state index in [-0.39, 0.29) is 17.9 Å². The van der Waals surface area contributed by atoms with Gasteiger partial charge in [-0.15, -0.1) is 0 Å². The SMILES string of the molecule is Cc1ccc(N2C(=O)CC(CN)C2C)c(C)c1. The van der Waals surface area contributed by atoms with Gasteiger partial charge >= 0.3 is 0 Å². The third-order valence-corrected chi connectivity index (χ3v) is 3.71. The van der Waals surface area contributed by atoms with Gasteiger partial charge in [0.05, 0.1) is 0 Å². The van der Waals surface area contributed by atoms with Crippen LogP contribution in [0.4, 0.5) is 5.69 Å². The first-order chi connectivity index (χ1) is 8.04. The Morgan fingerprint density at radius 1 is 1.41 bits per heavy atom. The number of hydrogen-bond acceptors (Lipinski definition) is 2. The van der Waals surface area contributed by atoms with Crippen LogP contribution in [0.1, 0.15) is 24.5 Å². The van der Waals surface area contributed by atoms with Crippen molar-refractivity contribution in [2.45, 2.75) is 33.2 Å². The average molecular weight is 232 g/mol. The van der Waals surface area contributed by atoms with E-state index in [1.165, 1.54) is 5.56 Å². The molecule has 1 amide bonds. The fraction of sp³-hybridized carbons (Fsp3) is 0.500. The third-order valence-electron chi connectivity index (χ3n) is 3.71. The number of carbonyl (C=O) groups is 1. The number of carbonyl (C=O) groups excluding carboxylic acids is 1. The van der Waals surface area contributed by atoms with Gasteiger partial charge < -0.3 is 10.6 Å². The molecule has 1 heterocycles. The number of amides is 1. The van der Waals surface area contributed by atoms with E-state index in [1.807, 2.05) is 11.0 Å². The average Bonchev–Trinajstić information content (AvgIpc) is 2.55. The standard InChI is InChI=1S/C14H20N2O/c1-9-4-5-13(10(2)6-9)16-11(3)12(8-15)7-14(16)17/h4-6,11-12H,7-8,15H2,1-3H3. The van der Waals surface area contributed by atoms with E-state index in [0.717, 1.165) is 11.3 Å². The Hall–Kier alpha value is -1.35. The first kappa shape index (κ1) is 12.1. The van der Waals surface area contributed by atoms with Crippen LogP contribution in [0.5, 0.6) is 0 Å². The first-order valence-electron chi connectivity index (χ1n) is 6.14. The van der Waals surface area contributed by atoms with Crippen molar-refractivity contribution in [3.05, 3.63) is 29.3 Å². The van der Waals surface area contributed by atoms with Crippen LogP contribution < -0.4 is 10.6 Å². The summed E-state index contributed by atoms with van der Waals surface area (Å²) in [4.78, 5) is 14.0. The topological polar surface area (TPSA) is 46.3 Å². The van der Waals surface area contributed by atoms with Crippen molar-refractivity contribution in [3.8, 4) is 0 Å². The fourth-order valence-corrected chi connectivity index (χ4v) is 2.64. The van der Waals surface area contributed by atoms with Gasteiger partial charge in [-0.2, -0.15) is 0 Å². The number of nitrogens with two attached hydrogens (primary N) is 1. The van der Waals surface area contributed by atoms with Crippen molar-refractivity contribution in [2.75, 3.05) is 11.4 Å². The maximum atomic E-state index is 12.1. The van der Waals surface area contributed by atoms with Gasteiger partial charge in [-0.05, 0) is 38.9 Å². The number of rotatable bonds is 2. The summed E-state index contributed by atoms with van der Waals surface area (Å²) in [6, 6.07) is 6.41. The van der Waals surface area contributed by atoms with Crippen LogP contribution in [-0.2, 0) is 4.79 Å². The lowest BCUT2D eigenvalue weighted by Crippen LogP contribution is -2.35. The fourth-order valence-electron chi connectivity index (χ4n) is 2.64. The van der Waals surface area contributed by atoms with Crippen molar-refractivity contribution in [2.24, 2.45) is 11.7 Å². The Balaban J connectivity index is 2.36. The Bertz CT molecular complexity index is 442. The molecule has 0 bridgehead atoms. The number of benzene rings is 1. The smallest absolute Gasteiger partial charge is 0.227 e. The van der Waals surface area contributed by atoms with Crippen molar-refractivity contribution >= 4 is 11.6 Å². The summed E-state index contributed by atoms with van der Waals surface area (Å²) in [7, 11) is 0. The zero-order valence-corrected chi connectivity index (χ0v) is 10.7. The van der Waals surface area contributed by atoms with E-state index in [4.69, 9.17) is 5.73 Å². The summed E-state index contributed by atoms with van der Waals surface area (Å²) < 4.78 is 0. The van der Waals surface area contributed by atoms with Crippen LogP contribution in [0.25, 0.3) is 0 Å². The van der Waals surface area contributed by atoms with E-state index in [0.29, 0.717) is 13.0 Å². The Morgan fingerprint density at radius 3 is 2.65 bits per heavy atom. The van der Waals surface area contributed by atoms with Gasteiger partial charge in [0, 0.05) is 24.1 Å². The predicted molar refractivity (Wildman–Crippen MR) is 70.0 cm³/mol. The minimum atomic E-state index is 0.194. The molecule has 1 fully saturated rings. The molecule has 1 saturated heterocycles. The highest BCUT2D eigenvalue weighted by atomic mass is 16.2. The summed E-state index contributed by atoms with van der Waals surface area (Å²) in [5, 5.41) is 0. The quantitative estimate of drug-likeness (QED) is 0.847. The molecule has 1 aliphatic rings. The van der Waals surface area contributed by atoms with Gasteiger partial charge in [0.25, 0.3) is 0 Å². The molecule has 0 saturated carbocycles. The Kier molecular flexibility index (Phi) is 3.20. The summed E-state index contributed by atoms with van der Waals surface area (Å²) >= 11 is 0. The molecule has 2 atom stereocenters. The van der Waals surface area contributed by atoms with Gasteiger partial charge in [-0.3, -0.25) is 4.79 Å². The molecular weight excluding hydrogens is 212 g/mol. The van der Waals surface area contributed by atoms with Crippen molar-refractivity contribution in [3.63, 3.8) is 0 Å². The second kappa shape index (κ2) is 4.49. The molecule has 0 spiro atoms. The minimum Gasteiger partial charge on any atom is -0.330 e. The van der Waals surface area contributed by atoms with Gasteiger partial charge in [-0.25, -0.2) is 0 Å². The van der Waals surface area contributed by atoms with Crippen LogP contribution in [0, 0.1) is 19.8 Å². The predicted octanol–water partition coefficient (Wildman–Crippen LogP) is 2.00. The largest absolute Gasteiger partial charge is 0.330 e. The molecule has 0 aromatic heterocycles. The zero-order chi connectivity index (χ0) is 12.6. The zero-order valence-electron chi connectivity index (χ0n) is 10.7. The highest BCUT2D eigenvalue weighted by molar-refractivity contribution is 5.97. The third kappa shape index (κ3) is 2.07. The van der Waals surface area contributed by atoms with Gasteiger partial charge in [0.1, 0.15) is 0 Å². The molecule has 3 heteroatoms. The Morgan fingerprint density at radius 2 is 2.12 bits per heavy atom. The summed E-state index contributed by atoms with van der Waals surface area (Å²) in [6.45, 7) is 6.78. The Labute approximate surface area is 103 Å². The highest BCUT2D eigenvalue weighted by Crippen LogP contribution is 2.32. The molecular formula is C14H20N2O. The molecule has 0 radical (unpaired) electrons. The van der Waals surface area contributed by atoms with Gasteiger partial charge in [-0.1, -0.05) is 17.7 Å². The molecule has 1 aromatic carbocycles. The van der Waals surface area contributed by atoms with E-state index in [2.05, 4.69) is 32.9 Å². The van der Waals surface area contributed by atoms with Crippen LogP contribution in [0.15, 0.2) is 18.2 Å². The lowest BCUT2D eigenvalue weighted by molar-refractivity contribution is -0.117. The van der Waals surface area contributed by atoms with E-state index in [1.54, 1.807) is 0 Å². The molecule has 2 unspecified atom stereocenters. The molecule has 2 rings (SSSR count). The number of nitrogens with zero attached hydrogens (tertiary/aromatic N) is 1. The molecule has 1 aromatic rings. The molecule has 0 aliphatic carbocycles. The van der Waals surface area contributed by atoms with E-state index >= 15 is 0 Å². The normalized spacial score (nSPS) is 24.5. The van der Waals surface area contributed by atoms with E-state index in [9.17, 15) is 4.79 Å². The molecule has 92 valence electrons. The number of hydrogen-bond donors (Lipinski definition) is 1. The van der Waals surface area contributed by atoms with Crippen molar-refractivity contribution in [1.29, 1.82) is 0 Å². The lowest BCUT2D eigenvalue weighted by atomic mass is 10.0. The maximum Gasteiger partial charge on any atom is 0.227 e. The molecule has 1 aliphatic heterocycles. The summed E-state index contributed by atoms with van der Waals surface area (Å²) in [5.41, 5.74) is 9.12. The van der Waals surface area contributed by atoms with Crippen LogP contribution in [0.2, 0.25) is 0 Å². The van der Waals surface area contributed by atoms with E-state index < -0.39 is 0 Å². The summed E-state index contributed by atoms with van der Waals surface area (Å²) in [5.74, 6) is 0.475. The maximum absolute atomic E-state index is 12.1. The monoisotopic (exact) mass is 232 g/mol. The first-order valence-corrected chi connectivity index (χ1v) is 6.14. The summed E-state index contributed by atoms with van der Waals surface area (Å²) in [6.07, 6.45) is 0.574. The van der Waals surface area contributed by atoms with Crippen LogP contribution >= 0.6 is 0 Å². The second-order valence-electron chi connectivity index (χ2n) is 4.99. The number of anilines is 1. The second-order valence-corrected chi connectivity index (χ2v) is 4.99. The van der Waals surface area contributed by atoms with Crippen molar-refractivity contribution < 1.29 is 4.79 Å². The lowest BCUT2D eigenvalue weighted by Gasteiger charge is -2.26. The van der Waals surface area contributed by atoms with Gasteiger partial charge in [0.2, 0.25) is 5.91 Å². The van der Waals surface area contributed by atoms with Crippen LogP contribution in [-0.4, -0.2) is 18.5 Å².